The van der Waals surface area contributed by atoms with E-state index in [1.807, 2.05) is 30.3 Å². The largest absolute Gasteiger partial charge is 0.352 e. The quantitative estimate of drug-likeness (QED) is 0.167. The average Bonchev–Trinajstić information content (AvgIpc) is 3.08. The Morgan fingerprint density at radius 3 is 2.17 bits per heavy atom. The summed E-state index contributed by atoms with van der Waals surface area (Å²) in [6.07, 6.45) is 4.83. The van der Waals surface area contributed by atoms with Crippen LogP contribution in [0.5, 0.6) is 0 Å². The van der Waals surface area contributed by atoms with Crippen molar-refractivity contribution in [2.24, 2.45) is 0 Å². The average molecular weight is 697 g/mol. The molecule has 1 saturated carbocycles. The van der Waals surface area contributed by atoms with Gasteiger partial charge in [-0.1, -0.05) is 109 Å². The van der Waals surface area contributed by atoms with E-state index < -0.39 is 34.3 Å². The summed E-state index contributed by atoms with van der Waals surface area (Å²) in [6, 6.07) is 26.1. The van der Waals surface area contributed by atoms with Gasteiger partial charge in [0, 0.05) is 29.6 Å². The lowest BCUT2D eigenvalue weighted by atomic mass is 9.94. The van der Waals surface area contributed by atoms with E-state index in [2.05, 4.69) is 5.32 Å². The molecule has 0 bridgehead atoms. The number of carbonyl (C=O) groups is 2. The molecule has 0 aromatic heterocycles. The van der Waals surface area contributed by atoms with Crippen LogP contribution in [0.2, 0.25) is 10.0 Å². The van der Waals surface area contributed by atoms with Crippen LogP contribution in [0.15, 0.2) is 108 Å². The summed E-state index contributed by atoms with van der Waals surface area (Å²) in [5.74, 6) is -1.66. The van der Waals surface area contributed by atoms with Gasteiger partial charge < -0.3 is 10.2 Å². The van der Waals surface area contributed by atoms with Gasteiger partial charge in [0.25, 0.3) is 10.0 Å². The van der Waals surface area contributed by atoms with Crippen LogP contribution in [0.3, 0.4) is 0 Å². The number of hydrogen-bond acceptors (Lipinski definition) is 4. The molecule has 47 heavy (non-hydrogen) atoms. The van der Waals surface area contributed by atoms with Gasteiger partial charge in [0.05, 0.1) is 15.6 Å². The zero-order valence-electron chi connectivity index (χ0n) is 25.7. The molecule has 1 aliphatic carbocycles. The van der Waals surface area contributed by atoms with Crippen LogP contribution >= 0.6 is 23.2 Å². The summed E-state index contributed by atoms with van der Waals surface area (Å²) < 4.78 is 44.3. The molecule has 0 spiro atoms. The van der Waals surface area contributed by atoms with Crippen LogP contribution in [0.4, 0.5) is 10.1 Å². The van der Waals surface area contributed by atoms with E-state index in [0.717, 1.165) is 42.0 Å². The third-order valence-corrected chi connectivity index (χ3v) is 10.6. The molecule has 0 heterocycles. The fourth-order valence-electron chi connectivity index (χ4n) is 5.82. The lowest BCUT2D eigenvalue weighted by molar-refractivity contribution is -0.140. The number of hydrogen-bond donors (Lipinski definition) is 1. The molecule has 1 fully saturated rings. The van der Waals surface area contributed by atoms with Crippen LogP contribution in [-0.2, 0) is 32.6 Å². The number of halogens is 3. The van der Waals surface area contributed by atoms with Gasteiger partial charge in [-0.25, -0.2) is 12.8 Å². The molecular weight excluding hydrogens is 660 g/mol. The van der Waals surface area contributed by atoms with Gasteiger partial charge in [-0.05, 0) is 54.8 Å². The van der Waals surface area contributed by atoms with Gasteiger partial charge in [-0.3, -0.25) is 13.9 Å². The van der Waals surface area contributed by atoms with Crippen LogP contribution in [0.25, 0.3) is 0 Å². The molecule has 7 nitrogen and oxygen atoms in total. The Labute approximate surface area is 285 Å². The normalized spacial score (nSPS) is 14.3. The predicted molar refractivity (Wildman–Crippen MR) is 183 cm³/mol. The molecule has 0 radical (unpaired) electrons. The number of nitrogens with zero attached hydrogens (tertiary/aromatic N) is 2. The molecule has 11 heteroatoms. The number of nitrogens with one attached hydrogen (secondary N) is 1. The van der Waals surface area contributed by atoms with Crippen molar-refractivity contribution in [3.8, 4) is 0 Å². The van der Waals surface area contributed by atoms with E-state index >= 15 is 4.39 Å². The fourth-order valence-corrected chi connectivity index (χ4v) is 7.70. The second kappa shape index (κ2) is 15.8. The first-order chi connectivity index (χ1) is 22.6. The van der Waals surface area contributed by atoms with E-state index in [1.165, 1.54) is 47.4 Å². The minimum Gasteiger partial charge on any atom is -0.352 e. The molecule has 0 aliphatic heterocycles. The van der Waals surface area contributed by atoms with Crippen LogP contribution in [0.1, 0.15) is 43.2 Å². The van der Waals surface area contributed by atoms with E-state index in [1.54, 1.807) is 30.3 Å². The fraction of sp³-hybridized carbons (Fsp3) is 0.278. The summed E-state index contributed by atoms with van der Waals surface area (Å²) >= 11 is 12.8. The molecule has 246 valence electrons. The predicted octanol–water partition coefficient (Wildman–Crippen LogP) is 7.42. The topological polar surface area (TPSA) is 86.8 Å². The molecule has 1 N–H and O–H groups in total. The monoisotopic (exact) mass is 695 g/mol. The Morgan fingerprint density at radius 1 is 0.851 bits per heavy atom. The third-order valence-electron chi connectivity index (χ3n) is 8.31. The summed E-state index contributed by atoms with van der Waals surface area (Å²) in [6.45, 7) is -1.00. The Bertz CT molecular complexity index is 1790. The van der Waals surface area contributed by atoms with Gasteiger partial charge in [0.2, 0.25) is 11.8 Å². The molecule has 4 aromatic carbocycles. The lowest BCUT2D eigenvalue weighted by Gasteiger charge is -2.35. The third kappa shape index (κ3) is 8.71. The Hall–Kier alpha value is -3.92. The maximum Gasteiger partial charge on any atom is 0.264 e. The molecule has 4 aromatic rings. The smallest absolute Gasteiger partial charge is 0.264 e. The summed E-state index contributed by atoms with van der Waals surface area (Å²) in [7, 11) is -4.36. The maximum atomic E-state index is 15.1. The SMILES string of the molecule is O=C(NC1CCCCC1)[C@H](Cc1ccccc1)N(Cc1ccccc1F)C(=O)CN(c1cc(Cl)ccc1Cl)S(=O)(=O)c1ccccc1. The van der Waals surface area contributed by atoms with E-state index in [9.17, 15) is 18.0 Å². The van der Waals surface area contributed by atoms with Crippen LogP contribution < -0.4 is 9.62 Å². The van der Waals surface area contributed by atoms with Crippen molar-refractivity contribution in [1.29, 1.82) is 0 Å². The molecular formula is C36H36Cl2FN3O4S. The molecule has 0 saturated heterocycles. The van der Waals surface area contributed by atoms with E-state index in [4.69, 9.17) is 23.2 Å². The number of sulfonamides is 1. The Balaban J connectivity index is 1.59. The highest BCUT2D eigenvalue weighted by Gasteiger charge is 2.36. The maximum absolute atomic E-state index is 15.1. The molecule has 5 rings (SSSR count). The van der Waals surface area contributed by atoms with Crippen molar-refractivity contribution < 1.29 is 22.4 Å². The second-order valence-corrected chi connectivity index (χ2v) is 14.3. The Morgan fingerprint density at radius 2 is 1.49 bits per heavy atom. The van der Waals surface area contributed by atoms with Gasteiger partial charge in [-0.2, -0.15) is 0 Å². The summed E-state index contributed by atoms with van der Waals surface area (Å²) in [5.41, 5.74) is 0.963. The van der Waals surface area contributed by atoms with Crippen molar-refractivity contribution in [3.63, 3.8) is 0 Å². The van der Waals surface area contributed by atoms with Crippen molar-refractivity contribution in [2.75, 3.05) is 10.8 Å². The van der Waals surface area contributed by atoms with Gasteiger partial charge >= 0.3 is 0 Å². The number of anilines is 1. The second-order valence-electron chi connectivity index (χ2n) is 11.6. The number of benzene rings is 4. The van der Waals surface area contributed by atoms with Gasteiger partial charge in [0.1, 0.15) is 18.4 Å². The highest BCUT2D eigenvalue weighted by atomic mass is 35.5. The lowest BCUT2D eigenvalue weighted by Crippen LogP contribution is -2.55. The van der Waals surface area contributed by atoms with E-state index in [-0.39, 0.29) is 51.1 Å². The van der Waals surface area contributed by atoms with E-state index in [0.29, 0.717) is 0 Å². The first-order valence-electron chi connectivity index (χ1n) is 15.5. The minimum absolute atomic E-state index is 0.00604. The molecule has 0 unspecified atom stereocenters. The van der Waals surface area contributed by atoms with Crippen molar-refractivity contribution >= 4 is 50.7 Å². The molecule has 2 amide bonds. The van der Waals surface area contributed by atoms with Crippen molar-refractivity contribution in [2.45, 2.75) is 62.0 Å². The molecule has 1 atom stereocenters. The van der Waals surface area contributed by atoms with Gasteiger partial charge in [0.15, 0.2) is 0 Å². The Kier molecular flexibility index (Phi) is 11.6. The van der Waals surface area contributed by atoms with Crippen LogP contribution in [0, 0.1) is 5.82 Å². The zero-order valence-corrected chi connectivity index (χ0v) is 28.0. The standard InChI is InChI=1S/C36H36Cl2FN3O4S/c37-28-20-21-31(38)33(23-28)42(47(45,46)30-17-8-3-9-18-30)25-35(43)41(24-27-14-10-11-19-32(27)39)34(22-26-12-4-1-5-13-26)36(44)40-29-15-6-2-7-16-29/h1,3-5,8-14,17-21,23,29,34H,2,6-7,15-16,22,24-25H2,(H,40,44)/t34-/m0/s1. The number of carbonyl (C=O) groups excluding carboxylic acids is 2. The molecule has 1 aliphatic rings. The van der Waals surface area contributed by atoms with Crippen molar-refractivity contribution in [1.82, 2.24) is 10.2 Å². The van der Waals surface area contributed by atoms with Crippen LogP contribution in [-0.4, -0.2) is 43.8 Å². The first kappa shape index (κ1) is 34.4. The highest BCUT2D eigenvalue weighted by molar-refractivity contribution is 7.92. The number of amides is 2. The minimum atomic E-state index is -4.36. The summed E-state index contributed by atoms with van der Waals surface area (Å²) in [4.78, 5) is 29.9. The summed E-state index contributed by atoms with van der Waals surface area (Å²) in [5, 5.41) is 3.40. The first-order valence-corrected chi connectivity index (χ1v) is 17.7. The highest BCUT2D eigenvalue weighted by Crippen LogP contribution is 2.33. The zero-order chi connectivity index (χ0) is 33.4. The number of rotatable bonds is 12. The van der Waals surface area contributed by atoms with Gasteiger partial charge in [-0.15, -0.1) is 0 Å². The van der Waals surface area contributed by atoms with Crippen molar-refractivity contribution in [3.05, 3.63) is 130 Å².